The molecule has 0 radical (unpaired) electrons. The van der Waals surface area contributed by atoms with Gasteiger partial charge in [0.05, 0.1) is 0 Å². The van der Waals surface area contributed by atoms with Crippen LogP contribution in [0.1, 0.15) is 26.7 Å². The van der Waals surface area contributed by atoms with E-state index in [1.165, 1.54) is 12.8 Å². The molecule has 0 saturated heterocycles. The summed E-state index contributed by atoms with van der Waals surface area (Å²) >= 11 is 8.80. The van der Waals surface area contributed by atoms with Crippen molar-refractivity contribution < 1.29 is 4.79 Å². The molecule has 1 nitrogen and oxygen atoms in total. The van der Waals surface area contributed by atoms with Gasteiger partial charge in [-0.1, -0.05) is 13.8 Å². The van der Waals surface area contributed by atoms with Crippen LogP contribution in [0, 0.1) is 5.41 Å². The third-order valence-electron chi connectivity index (χ3n) is 1.25. The van der Waals surface area contributed by atoms with Crippen molar-refractivity contribution in [2.75, 3.05) is 0 Å². The van der Waals surface area contributed by atoms with E-state index in [1.807, 2.05) is 0 Å². The van der Waals surface area contributed by atoms with Crippen LogP contribution in [0.15, 0.2) is 0 Å². The fraction of sp³-hybridized carbons (Fsp3) is 0.833. The molecule has 0 spiro atoms. The lowest BCUT2D eigenvalue weighted by molar-refractivity contribution is 0.275. The van der Waals surface area contributed by atoms with Crippen molar-refractivity contribution in [1.82, 2.24) is 0 Å². The largest absolute Gasteiger partial charge is 0.313 e. The minimum Gasteiger partial charge on any atom is -0.262 e. The van der Waals surface area contributed by atoms with Gasteiger partial charge < -0.3 is 0 Å². The summed E-state index contributed by atoms with van der Waals surface area (Å²) in [7, 11) is 0. The van der Waals surface area contributed by atoms with Crippen molar-refractivity contribution in [2.24, 2.45) is 5.41 Å². The molecule has 9 heavy (non-hydrogen) atoms. The Morgan fingerprint density at radius 2 is 1.44 bits per heavy atom. The number of hydrogen-bond acceptors (Lipinski definition) is 1. The second-order valence-electron chi connectivity index (χ2n) is 2.89. The molecule has 0 aromatic rings. The monoisotopic (exact) mass is 168 g/mol. The van der Waals surface area contributed by atoms with Gasteiger partial charge in [0, 0.05) is 0 Å². The van der Waals surface area contributed by atoms with Gasteiger partial charge >= 0.3 is 4.70 Å². The van der Waals surface area contributed by atoms with Crippen LogP contribution in [0.5, 0.6) is 0 Å². The number of rotatable bonds is 0. The molecule has 0 aromatic carbocycles. The molecule has 0 unspecified atom stereocenters. The van der Waals surface area contributed by atoms with E-state index in [-0.39, 0.29) is 0 Å². The van der Waals surface area contributed by atoms with Gasteiger partial charge in [-0.3, -0.25) is 4.79 Å². The maximum atomic E-state index is 8.98. The molecule has 1 rings (SSSR count). The summed E-state index contributed by atoms with van der Waals surface area (Å²) < 4.78 is -0.889. The zero-order valence-electron chi connectivity index (χ0n) is 5.58. The van der Waals surface area contributed by atoms with Crippen LogP contribution < -0.4 is 0 Å². The Kier molecular flexibility index (Phi) is 3.52. The Hall–Kier alpha value is 0.250. The van der Waals surface area contributed by atoms with Crippen LogP contribution in [-0.4, -0.2) is 4.70 Å². The van der Waals surface area contributed by atoms with Gasteiger partial charge in [0.25, 0.3) is 0 Å². The summed E-state index contributed by atoms with van der Waals surface area (Å²) in [5, 5.41) is 0. The molecule has 1 aliphatic rings. The first-order valence-electron chi connectivity index (χ1n) is 2.79. The lowest BCUT2D eigenvalue weighted by Crippen LogP contribution is -1.75. The fourth-order valence-electron chi connectivity index (χ4n) is 0.250. The van der Waals surface area contributed by atoms with Crippen molar-refractivity contribution in [1.29, 1.82) is 0 Å². The van der Waals surface area contributed by atoms with Gasteiger partial charge in [0.15, 0.2) is 0 Å². The Morgan fingerprint density at radius 1 is 1.33 bits per heavy atom. The molecule has 0 aromatic heterocycles. The predicted molar refractivity (Wildman–Crippen MR) is 40.1 cm³/mol. The van der Waals surface area contributed by atoms with Gasteiger partial charge in [-0.25, -0.2) is 0 Å². The van der Waals surface area contributed by atoms with Gasteiger partial charge in [-0.05, 0) is 41.5 Å². The van der Waals surface area contributed by atoms with E-state index >= 15 is 0 Å². The summed E-state index contributed by atoms with van der Waals surface area (Å²) in [4.78, 5) is 8.98. The normalized spacial score (nSPS) is 19.6. The first-order chi connectivity index (χ1) is 3.94. The first-order valence-corrected chi connectivity index (χ1v) is 3.55. The van der Waals surface area contributed by atoms with E-state index in [2.05, 4.69) is 37.0 Å². The van der Waals surface area contributed by atoms with E-state index in [0.29, 0.717) is 0 Å². The molecule has 3 heteroatoms. The topological polar surface area (TPSA) is 17.1 Å². The van der Waals surface area contributed by atoms with Crippen LogP contribution in [0.25, 0.3) is 0 Å². The number of halogens is 2. The molecule has 0 amide bonds. The Morgan fingerprint density at radius 3 is 1.44 bits per heavy atom. The number of hydrogen-bond donors (Lipinski definition) is 0. The van der Waals surface area contributed by atoms with Crippen LogP contribution in [0.2, 0.25) is 0 Å². The van der Waals surface area contributed by atoms with Crippen LogP contribution in [0.3, 0.4) is 0 Å². The highest BCUT2D eigenvalue weighted by atomic mass is 35.5. The quantitative estimate of drug-likeness (QED) is 0.508. The van der Waals surface area contributed by atoms with E-state index in [0.717, 1.165) is 5.41 Å². The summed E-state index contributed by atoms with van der Waals surface area (Å²) in [5.74, 6) is 0. The summed E-state index contributed by atoms with van der Waals surface area (Å²) in [6.07, 6.45) is 2.90. The highest BCUT2D eigenvalue weighted by Gasteiger charge is 2.30. The Bertz CT molecular complexity index is 99.6. The molecule has 1 fully saturated rings. The Balaban J connectivity index is 0.000000148. The summed E-state index contributed by atoms with van der Waals surface area (Å²) in [6.45, 7) is 4.60. The second-order valence-corrected chi connectivity index (χ2v) is 3.77. The van der Waals surface area contributed by atoms with Gasteiger partial charge in [0.2, 0.25) is 0 Å². The average molecular weight is 169 g/mol. The van der Waals surface area contributed by atoms with Crippen molar-refractivity contribution in [3.05, 3.63) is 0 Å². The third-order valence-corrected chi connectivity index (χ3v) is 1.25. The summed E-state index contributed by atoms with van der Waals surface area (Å²) in [5.41, 5.74) is 0.750. The Labute approximate surface area is 65.3 Å². The van der Waals surface area contributed by atoms with Crippen molar-refractivity contribution in [3.63, 3.8) is 0 Å². The molecule has 0 bridgehead atoms. The van der Waals surface area contributed by atoms with Crippen LogP contribution in [-0.2, 0) is 0 Å². The molecular formula is C6H10Cl2O. The average Bonchev–Trinajstić information content (AvgIpc) is 2.16. The zero-order valence-corrected chi connectivity index (χ0v) is 7.09. The predicted octanol–water partition coefficient (Wildman–Crippen LogP) is 3.39. The molecule has 0 atom stereocenters. The first kappa shape index (κ1) is 9.25. The highest BCUT2D eigenvalue weighted by molar-refractivity contribution is 6.93. The standard InChI is InChI=1S/C5H10.CCl2O/c1-5(2)3-4-5;2-1(3)4/h3-4H2,1-2H3;. The minimum atomic E-state index is -0.889. The SMILES string of the molecule is CC1(C)CC1.O=C(Cl)Cl. The smallest absolute Gasteiger partial charge is 0.262 e. The molecular weight excluding hydrogens is 159 g/mol. The summed E-state index contributed by atoms with van der Waals surface area (Å²) in [6, 6.07) is 0. The maximum absolute atomic E-state index is 8.98. The maximum Gasteiger partial charge on any atom is 0.313 e. The molecule has 1 saturated carbocycles. The van der Waals surface area contributed by atoms with Crippen LogP contribution >= 0.6 is 23.2 Å². The van der Waals surface area contributed by atoms with Crippen molar-refractivity contribution in [3.8, 4) is 0 Å². The zero-order chi connectivity index (χ0) is 7.49. The third kappa shape index (κ3) is 11.7. The number of carbonyl (C=O) groups is 1. The van der Waals surface area contributed by atoms with E-state index in [4.69, 9.17) is 4.79 Å². The molecule has 0 heterocycles. The molecule has 54 valence electrons. The van der Waals surface area contributed by atoms with E-state index < -0.39 is 4.70 Å². The highest BCUT2D eigenvalue weighted by Crippen LogP contribution is 2.43. The number of carbonyl (C=O) groups excluding carboxylic acids is 1. The van der Waals surface area contributed by atoms with Crippen molar-refractivity contribution >= 4 is 27.9 Å². The van der Waals surface area contributed by atoms with Crippen LogP contribution in [0.4, 0.5) is 4.79 Å². The lowest BCUT2D eigenvalue weighted by atomic mass is 10.2. The van der Waals surface area contributed by atoms with Gasteiger partial charge in [-0.2, -0.15) is 0 Å². The van der Waals surface area contributed by atoms with Gasteiger partial charge in [-0.15, -0.1) is 0 Å². The van der Waals surface area contributed by atoms with Crippen molar-refractivity contribution in [2.45, 2.75) is 26.7 Å². The fourth-order valence-corrected chi connectivity index (χ4v) is 0.250. The van der Waals surface area contributed by atoms with E-state index in [1.54, 1.807) is 0 Å². The molecule has 1 aliphatic carbocycles. The van der Waals surface area contributed by atoms with Gasteiger partial charge in [0.1, 0.15) is 0 Å². The minimum absolute atomic E-state index is 0.750. The lowest BCUT2D eigenvalue weighted by Gasteiger charge is -1.86. The van der Waals surface area contributed by atoms with E-state index in [9.17, 15) is 0 Å². The molecule has 0 aliphatic heterocycles. The second kappa shape index (κ2) is 3.43. The molecule has 0 N–H and O–H groups in total.